The second-order valence-corrected chi connectivity index (χ2v) is 8.27. The van der Waals surface area contributed by atoms with Crippen molar-refractivity contribution in [3.63, 3.8) is 0 Å². The van der Waals surface area contributed by atoms with Gasteiger partial charge in [0, 0.05) is 7.05 Å². The van der Waals surface area contributed by atoms with Crippen LogP contribution in [0.4, 0.5) is 13.2 Å². The van der Waals surface area contributed by atoms with Crippen LogP contribution in [0.25, 0.3) is 0 Å². The van der Waals surface area contributed by atoms with Gasteiger partial charge in [-0.1, -0.05) is 41.9 Å². The highest BCUT2D eigenvalue weighted by Gasteiger charge is 2.44. The molecule has 0 aliphatic carbocycles. The molecule has 0 aliphatic rings. The molecule has 2 aromatic rings. The zero-order valence-electron chi connectivity index (χ0n) is 15.9. The molecule has 0 fully saturated rings. The van der Waals surface area contributed by atoms with Gasteiger partial charge >= 0.3 is 13.8 Å². The molecule has 1 heterocycles. The maximum atomic E-state index is 13.3. The van der Waals surface area contributed by atoms with Crippen LogP contribution in [0.5, 0.6) is 0 Å². The second kappa shape index (κ2) is 9.30. The predicted octanol–water partition coefficient (Wildman–Crippen LogP) is 4.79. The fraction of sp³-hybridized carbons (Fsp3) is 0.412. The van der Waals surface area contributed by atoms with Gasteiger partial charge in [-0.3, -0.25) is 14.0 Å². The summed E-state index contributed by atoms with van der Waals surface area (Å²) in [5.74, 6) is -2.56. The summed E-state index contributed by atoms with van der Waals surface area (Å²) in [6.07, 6.45) is -4.91. The van der Waals surface area contributed by atoms with Crippen LogP contribution in [0.2, 0.25) is 5.15 Å². The zero-order chi connectivity index (χ0) is 21.8. The molecule has 160 valence electrons. The highest BCUT2D eigenvalue weighted by atomic mass is 35.5. The maximum Gasteiger partial charge on any atom is 0.436 e. The lowest BCUT2D eigenvalue weighted by Gasteiger charge is -2.27. The van der Waals surface area contributed by atoms with Gasteiger partial charge < -0.3 is 14.4 Å². The summed E-state index contributed by atoms with van der Waals surface area (Å²) in [6, 6.07) is 8.02. The molecule has 0 aliphatic heterocycles. The first-order valence-electron chi connectivity index (χ1n) is 8.59. The van der Waals surface area contributed by atoms with Gasteiger partial charge in [0.1, 0.15) is 10.7 Å². The van der Waals surface area contributed by atoms with Gasteiger partial charge in [-0.25, -0.2) is 0 Å². The Morgan fingerprint density at radius 3 is 2.28 bits per heavy atom. The van der Waals surface area contributed by atoms with Gasteiger partial charge in [0.25, 0.3) is 5.91 Å². The molecule has 7 nitrogen and oxygen atoms in total. The first kappa shape index (κ1) is 23.4. The molecule has 1 unspecified atom stereocenters. The van der Waals surface area contributed by atoms with E-state index in [2.05, 4.69) is 10.4 Å². The smallest absolute Gasteiger partial charge is 0.334 e. The summed E-state index contributed by atoms with van der Waals surface area (Å²) in [5, 5.41) is 5.11. The Morgan fingerprint density at radius 2 is 1.79 bits per heavy atom. The molecule has 1 N–H and O–H groups in total. The fourth-order valence-corrected chi connectivity index (χ4v) is 4.74. The van der Waals surface area contributed by atoms with Crippen LogP contribution in [0.1, 0.15) is 41.2 Å². The van der Waals surface area contributed by atoms with E-state index in [4.69, 9.17) is 20.6 Å². The quantitative estimate of drug-likeness (QED) is 0.581. The fourth-order valence-electron chi connectivity index (χ4n) is 2.63. The Kier molecular flexibility index (Phi) is 7.50. The van der Waals surface area contributed by atoms with Gasteiger partial charge in [-0.05, 0) is 19.4 Å². The summed E-state index contributed by atoms with van der Waals surface area (Å²) in [5.41, 5.74) is -1.99. The van der Waals surface area contributed by atoms with E-state index in [0.717, 1.165) is 4.68 Å². The highest BCUT2D eigenvalue weighted by molar-refractivity contribution is 7.54. The van der Waals surface area contributed by atoms with Gasteiger partial charge in [-0.15, -0.1) is 0 Å². The Balaban J connectivity index is 2.53. The van der Waals surface area contributed by atoms with Crippen molar-refractivity contribution >= 4 is 25.1 Å². The number of aryl methyl sites for hydroxylation is 1. The minimum Gasteiger partial charge on any atom is -0.334 e. The standard InChI is InChI=1S/C17H20ClF3N3O4P/c1-4-27-29(26,28-5-2)16(11-9-7-6-8-10-11)22-15(25)12-13(17(19,20)21)23-24(3)14(12)18/h6-10,16H,4-5H2,1-3H3,(H,22,25). The molecule has 0 spiro atoms. The van der Waals surface area contributed by atoms with Crippen LogP contribution in [0.15, 0.2) is 30.3 Å². The normalized spacial score (nSPS) is 13.3. The third kappa shape index (κ3) is 5.19. The first-order valence-corrected chi connectivity index (χ1v) is 10.6. The number of amides is 1. The summed E-state index contributed by atoms with van der Waals surface area (Å²) < 4.78 is 64.6. The molecule has 1 aromatic carbocycles. The number of carbonyl (C=O) groups is 1. The summed E-state index contributed by atoms with van der Waals surface area (Å²) in [4.78, 5) is 12.8. The largest absolute Gasteiger partial charge is 0.436 e. The first-order chi connectivity index (χ1) is 13.5. The van der Waals surface area contributed by atoms with E-state index >= 15 is 0 Å². The molecule has 0 saturated carbocycles. The minimum absolute atomic E-state index is 0.00205. The molecule has 12 heteroatoms. The Labute approximate surface area is 170 Å². The van der Waals surface area contributed by atoms with Crippen LogP contribution in [0, 0.1) is 0 Å². The van der Waals surface area contributed by atoms with Crippen molar-refractivity contribution < 1.29 is 31.6 Å². The lowest BCUT2D eigenvalue weighted by atomic mass is 10.2. The van der Waals surface area contributed by atoms with E-state index in [1.807, 2.05) is 0 Å². The van der Waals surface area contributed by atoms with Gasteiger partial charge in [0.15, 0.2) is 11.5 Å². The molecule has 1 aromatic heterocycles. The average molecular weight is 454 g/mol. The third-order valence-corrected chi connectivity index (χ3v) is 6.52. The number of hydrogen-bond donors (Lipinski definition) is 1. The molecule has 0 bridgehead atoms. The van der Waals surface area contributed by atoms with Crippen LogP contribution in [0.3, 0.4) is 0 Å². The Morgan fingerprint density at radius 1 is 1.24 bits per heavy atom. The van der Waals surface area contributed by atoms with Crippen LogP contribution in [-0.2, 0) is 26.8 Å². The van der Waals surface area contributed by atoms with Crippen LogP contribution >= 0.6 is 19.2 Å². The van der Waals surface area contributed by atoms with Crippen molar-refractivity contribution in [2.24, 2.45) is 7.05 Å². The van der Waals surface area contributed by atoms with Crippen molar-refractivity contribution in [3.05, 3.63) is 52.3 Å². The number of benzene rings is 1. The van der Waals surface area contributed by atoms with E-state index in [1.54, 1.807) is 44.2 Å². The lowest BCUT2D eigenvalue weighted by molar-refractivity contribution is -0.141. The number of halogens is 4. The molecular formula is C17H20ClF3N3O4P. The third-order valence-electron chi connectivity index (χ3n) is 3.79. The number of nitrogens with zero attached hydrogens (tertiary/aromatic N) is 2. The predicted molar refractivity (Wildman–Crippen MR) is 101 cm³/mol. The number of carbonyl (C=O) groups excluding carboxylic acids is 1. The molecular weight excluding hydrogens is 434 g/mol. The van der Waals surface area contributed by atoms with Crippen molar-refractivity contribution in [2.75, 3.05) is 13.2 Å². The van der Waals surface area contributed by atoms with Crippen molar-refractivity contribution in [1.82, 2.24) is 15.1 Å². The highest BCUT2D eigenvalue weighted by Crippen LogP contribution is 2.59. The second-order valence-electron chi connectivity index (χ2n) is 5.80. The van der Waals surface area contributed by atoms with Gasteiger partial charge in [0.2, 0.25) is 0 Å². The summed E-state index contributed by atoms with van der Waals surface area (Å²) in [7, 11) is -2.80. The Bertz CT molecular complexity index is 895. The number of hydrogen-bond acceptors (Lipinski definition) is 5. The van der Waals surface area contributed by atoms with Gasteiger partial charge in [-0.2, -0.15) is 18.3 Å². The van der Waals surface area contributed by atoms with E-state index in [-0.39, 0.29) is 13.2 Å². The van der Waals surface area contributed by atoms with Crippen LogP contribution < -0.4 is 5.32 Å². The van der Waals surface area contributed by atoms with Crippen LogP contribution in [-0.4, -0.2) is 28.9 Å². The maximum absolute atomic E-state index is 13.3. The summed E-state index contributed by atoms with van der Waals surface area (Å²) >= 11 is 5.89. The SMILES string of the molecule is CCOP(=O)(OCC)C(NC(=O)c1c(C(F)(F)F)nn(C)c1Cl)c1ccccc1. The molecule has 1 amide bonds. The molecule has 0 radical (unpaired) electrons. The van der Waals surface area contributed by atoms with E-state index in [9.17, 15) is 22.5 Å². The molecule has 0 saturated heterocycles. The van der Waals surface area contributed by atoms with Gasteiger partial charge in [0.05, 0.1) is 13.2 Å². The number of aromatic nitrogens is 2. The topological polar surface area (TPSA) is 82.4 Å². The number of alkyl halides is 3. The van der Waals surface area contributed by atoms with Crippen molar-refractivity contribution in [3.8, 4) is 0 Å². The molecule has 29 heavy (non-hydrogen) atoms. The minimum atomic E-state index is -4.91. The van der Waals surface area contributed by atoms with E-state index in [0.29, 0.717) is 5.56 Å². The molecule has 1 atom stereocenters. The molecule has 2 rings (SSSR count). The monoisotopic (exact) mass is 453 g/mol. The van der Waals surface area contributed by atoms with Crippen molar-refractivity contribution in [1.29, 1.82) is 0 Å². The lowest BCUT2D eigenvalue weighted by Crippen LogP contribution is -2.31. The van der Waals surface area contributed by atoms with Crippen molar-refractivity contribution in [2.45, 2.75) is 25.8 Å². The zero-order valence-corrected chi connectivity index (χ0v) is 17.5. The summed E-state index contributed by atoms with van der Waals surface area (Å²) in [6.45, 7) is 3.15. The number of rotatable bonds is 8. The number of nitrogens with one attached hydrogen (secondary N) is 1. The van der Waals surface area contributed by atoms with E-state index in [1.165, 1.54) is 7.05 Å². The van der Waals surface area contributed by atoms with E-state index < -0.39 is 41.9 Å². The Hall–Kier alpha value is -1.87. The average Bonchev–Trinajstić information content (AvgIpc) is 2.96.